The molecule has 1 aliphatic carbocycles. The van der Waals surface area contributed by atoms with Crippen LogP contribution in [0.3, 0.4) is 0 Å². The molecule has 1 saturated heterocycles. The second-order valence-corrected chi connectivity index (χ2v) is 5.21. The normalized spacial score (nSPS) is 25.2. The fourth-order valence-electron chi connectivity index (χ4n) is 2.56. The Morgan fingerprint density at radius 3 is 2.50 bits per heavy atom. The minimum absolute atomic E-state index is 0.185. The maximum Gasteiger partial charge on any atom is 0.224 e. The van der Waals surface area contributed by atoms with Crippen LogP contribution in [0.2, 0.25) is 0 Å². The molecule has 2 aliphatic rings. The SMILES string of the molecule is COC1CCN(C(=O)CC2(N)CCC2)CC1. The molecule has 0 aromatic rings. The van der Waals surface area contributed by atoms with Crippen molar-refractivity contribution in [2.45, 2.75) is 50.2 Å². The number of hydrogen-bond acceptors (Lipinski definition) is 3. The number of nitrogens with zero attached hydrogens (tertiary/aromatic N) is 1. The molecule has 0 aromatic heterocycles. The molecule has 0 radical (unpaired) electrons. The second-order valence-electron chi connectivity index (χ2n) is 5.21. The van der Waals surface area contributed by atoms with Crippen LogP contribution < -0.4 is 5.73 Å². The van der Waals surface area contributed by atoms with Crippen molar-refractivity contribution in [2.75, 3.05) is 20.2 Å². The highest BCUT2D eigenvalue weighted by Crippen LogP contribution is 2.32. The van der Waals surface area contributed by atoms with Crippen molar-refractivity contribution in [1.29, 1.82) is 0 Å². The third kappa shape index (κ3) is 2.55. The molecule has 2 fully saturated rings. The molecule has 2 N–H and O–H groups in total. The van der Waals surface area contributed by atoms with Gasteiger partial charge in [0.25, 0.3) is 0 Å². The van der Waals surface area contributed by atoms with Crippen molar-refractivity contribution >= 4 is 5.91 Å². The molecule has 1 saturated carbocycles. The Labute approximate surface area is 97.1 Å². The highest BCUT2D eigenvalue weighted by Gasteiger charge is 2.36. The van der Waals surface area contributed by atoms with E-state index in [0.29, 0.717) is 12.5 Å². The summed E-state index contributed by atoms with van der Waals surface area (Å²) in [4.78, 5) is 14.0. The van der Waals surface area contributed by atoms with Gasteiger partial charge in [-0.25, -0.2) is 0 Å². The molecule has 0 unspecified atom stereocenters. The van der Waals surface area contributed by atoms with Gasteiger partial charge in [0.1, 0.15) is 0 Å². The zero-order chi connectivity index (χ0) is 11.6. The Hall–Kier alpha value is -0.610. The van der Waals surface area contributed by atoms with Gasteiger partial charge in [0, 0.05) is 32.2 Å². The van der Waals surface area contributed by atoms with Crippen molar-refractivity contribution in [3.05, 3.63) is 0 Å². The van der Waals surface area contributed by atoms with Crippen molar-refractivity contribution in [3.63, 3.8) is 0 Å². The number of carbonyl (C=O) groups excluding carboxylic acids is 1. The number of ether oxygens (including phenoxy) is 1. The Kier molecular flexibility index (Phi) is 3.50. The second kappa shape index (κ2) is 4.72. The number of carbonyl (C=O) groups is 1. The summed E-state index contributed by atoms with van der Waals surface area (Å²) < 4.78 is 5.29. The fraction of sp³-hybridized carbons (Fsp3) is 0.917. The first-order valence-electron chi connectivity index (χ1n) is 6.22. The summed E-state index contributed by atoms with van der Waals surface area (Å²) in [5.74, 6) is 0.233. The minimum Gasteiger partial charge on any atom is -0.381 e. The number of likely N-dealkylation sites (tertiary alicyclic amines) is 1. The molecule has 4 nitrogen and oxygen atoms in total. The van der Waals surface area contributed by atoms with Gasteiger partial charge >= 0.3 is 0 Å². The third-order valence-electron chi connectivity index (χ3n) is 3.98. The number of hydrogen-bond donors (Lipinski definition) is 1. The van der Waals surface area contributed by atoms with Crippen LogP contribution in [0.5, 0.6) is 0 Å². The van der Waals surface area contributed by atoms with Crippen LogP contribution in [0.1, 0.15) is 38.5 Å². The van der Waals surface area contributed by atoms with Gasteiger partial charge in [-0.3, -0.25) is 4.79 Å². The predicted octanol–water partition coefficient (Wildman–Crippen LogP) is 0.895. The summed E-state index contributed by atoms with van der Waals surface area (Å²) in [7, 11) is 1.74. The van der Waals surface area contributed by atoms with E-state index < -0.39 is 0 Å². The predicted molar refractivity (Wildman–Crippen MR) is 62.0 cm³/mol. The molecule has 1 amide bonds. The topological polar surface area (TPSA) is 55.6 Å². The smallest absolute Gasteiger partial charge is 0.224 e. The summed E-state index contributed by atoms with van der Waals surface area (Å²) in [6.07, 6.45) is 5.97. The van der Waals surface area contributed by atoms with E-state index in [2.05, 4.69) is 0 Å². The van der Waals surface area contributed by atoms with Crippen molar-refractivity contribution < 1.29 is 9.53 Å². The van der Waals surface area contributed by atoms with Crippen LogP contribution in [0, 0.1) is 0 Å². The Bertz CT molecular complexity index is 256. The van der Waals surface area contributed by atoms with E-state index in [4.69, 9.17) is 10.5 Å². The molecular formula is C12H22N2O2. The number of piperidine rings is 1. The van der Waals surface area contributed by atoms with Gasteiger partial charge in [-0.1, -0.05) is 0 Å². The zero-order valence-electron chi connectivity index (χ0n) is 10.1. The fourth-order valence-corrected chi connectivity index (χ4v) is 2.56. The highest BCUT2D eigenvalue weighted by molar-refractivity contribution is 5.77. The van der Waals surface area contributed by atoms with Gasteiger partial charge in [0.2, 0.25) is 5.91 Å². The highest BCUT2D eigenvalue weighted by atomic mass is 16.5. The van der Waals surface area contributed by atoms with Gasteiger partial charge in [-0.15, -0.1) is 0 Å². The zero-order valence-corrected chi connectivity index (χ0v) is 10.1. The van der Waals surface area contributed by atoms with E-state index in [-0.39, 0.29) is 11.4 Å². The molecule has 4 heteroatoms. The van der Waals surface area contributed by atoms with Crippen molar-refractivity contribution in [1.82, 2.24) is 4.90 Å². The summed E-state index contributed by atoms with van der Waals surface area (Å²) in [6.45, 7) is 1.65. The first-order valence-corrected chi connectivity index (χ1v) is 6.22. The Balaban J connectivity index is 1.78. The van der Waals surface area contributed by atoms with E-state index >= 15 is 0 Å². The molecule has 1 heterocycles. The van der Waals surface area contributed by atoms with Crippen LogP contribution in [-0.2, 0) is 9.53 Å². The molecule has 0 bridgehead atoms. The number of nitrogens with two attached hydrogens (primary N) is 1. The molecule has 0 aromatic carbocycles. The monoisotopic (exact) mass is 226 g/mol. The Morgan fingerprint density at radius 2 is 2.06 bits per heavy atom. The van der Waals surface area contributed by atoms with E-state index in [1.165, 1.54) is 6.42 Å². The van der Waals surface area contributed by atoms with Gasteiger partial charge in [0.05, 0.1) is 6.10 Å². The lowest BCUT2D eigenvalue weighted by molar-refractivity contribution is -0.135. The maximum atomic E-state index is 12.0. The molecule has 2 rings (SSSR count). The quantitative estimate of drug-likeness (QED) is 0.777. The number of amides is 1. The van der Waals surface area contributed by atoms with E-state index in [1.807, 2.05) is 4.90 Å². The number of methoxy groups -OCH3 is 1. The molecule has 0 atom stereocenters. The van der Waals surface area contributed by atoms with Gasteiger partial charge in [-0.2, -0.15) is 0 Å². The average molecular weight is 226 g/mol. The lowest BCUT2D eigenvalue weighted by Gasteiger charge is -2.40. The van der Waals surface area contributed by atoms with E-state index in [1.54, 1.807) is 7.11 Å². The van der Waals surface area contributed by atoms with Crippen LogP contribution in [0.25, 0.3) is 0 Å². The molecule has 1 aliphatic heterocycles. The van der Waals surface area contributed by atoms with Crippen molar-refractivity contribution in [3.8, 4) is 0 Å². The van der Waals surface area contributed by atoms with Gasteiger partial charge in [0.15, 0.2) is 0 Å². The van der Waals surface area contributed by atoms with E-state index in [9.17, 15) is 4.79 Å². The standard InChI is InChI=1S/C12H22N2O2/c1-16-10-3-7-14(8-4-10)11(15)9-12(13)5-2-6-12/h10H,2-9,13H2,1H3. The van der Waals surface area contributed by atoms with Crippen LogP contribution in [0.15, 0.2) is 0 Å². The van der Waals surface area contributed by atoms with Gasteiger partial charge < -0.3 is 15.4 Å². The Morgan fingerprint density at radius 1 is 1.44 bits per heavy atom. The number of rotatable bonds is 3. The van der Waals surface area contributed by atoms with Crippen molar-refractivity contribution in [2.24, 2.45) is 5.73 Å². The summed E-state index contributed by atoms with van der Waals surface area (Å²) >= 11 is 0. The molecule has 92 valence electrons. The largest absolute Gasteiger partial charge is 0.381 e. The molecule has 16 heavy (non-hydrogen) atoms. The average Bonchev–Trinajstić information content (AvgIpc) is 2.27. The maximum absolute atomic E-state index is 12.0. The molecule has 0 spiro atoms. The lowest BCUT2D eigenvalue weighted by atomic mass is 9.75. The lowest BCUT2D eigenvalue weighted by Crippen LogP contribution is -2.51. The van der Waals surface area contributed by atoms with Crippen LogP contribution in [-0.4, -0.2) is 42.6 Å². The van der Waals surface area contributed by atoms with Gasteiger partial charge in [-0.05, 0) is 32.1 Å². The van der Waals surface area contributed by atoms with E-state index in [0.717, 1.165) is 38.8 Å². The van der Waals surface area contributed by atoms with Crippen LogP contribution in [0.4, 0.5) is 0 Å². The summed E-state index contributed by atoms with van der Waals surface area (Å²) in [5, 5.41) is 0. The van der Waals surface area contributed by atoms with Crippen LogP contribution >= 0.6 is 0 Å². The summed E-state index contributed by atoms with van der Waals surface area (Å²) in [6, 6.07) is 0. The third-order valence-corrected chi connectivity index (χ3v) is 3.98. The first-order chi connectivity index (χ1) is 7.63. The first kappa shape index (κ1) is 11.9. The molecular weight excluding hydrogens is 204 g/mol. The summed E-state index contributed by atoms with van der Waals surface area (Å²) in [5.41, 5.74) is 5.91. The minimum atomic E-state index is -0.185.